The van der Waals surface area contributed by atoms with Crippen LogP contribution in [0.3, 0.4) is 0 Å². The third kappa shape index (κ3) is 4.75. The third-order valence-corrected chi connectivity index (χ3v) is 16.4. The second-order valence-electron chi connectivity index (χ2n) is 20.0. The van der Waals surface area contributed by atoms with Crippen molar-refractivity contribution in [2.45, 2.75) is 69.6 Å². The second kappa shape index (κ2) is 12.8. The highest BCUT2D eigenvalue weighted by Crippen LogP contribution is 2.66. The van der Waals surface area contributed by atoms with Crippen LogP contribution in [0.25, 0.3) is 55.6 Å². The summed E-state index contributed by atoms with van der Waals surface area (Å²) in [6.45, 7) is 9.55. The maximum absolute atomic E-state index is 2.60. The molecule has 3 atom stereocenters. The van der Waals surface area contributed by atoms with Gasteiger partial charge in [-0.25, -0.2) is 0 Å². The van der Waals surface area contributed by atoms with E-state index >= 15 is 0 Å². The predicted molar refractivity (Wildman–Crippen MR) is 259 cm³/mol. The van der Waals surface area contributed by atoms with Gasteiger partial charge >= 0.3 is 0 Å². The fraction of sp³-hybridized carbons (Fsp3) is 0.213. The quantitative estimate of drug-likeness (QED) is 0.168. The first-order valence-corrected chi connectivity index (χ1v) is 23.0. The molecule has 0 aromatic heterocycles. The fourth-order valence-corrected chi connectivity index (χ4v) is 13.6. The van der Waals surface area contributed by atoms with Crippen LogP contribution in [0.1, 0.15) is 86.8 Å². The molecule has 8 aromatic carbocycles. The Kier molecular flexibility index (Phi) is 7.48. The predicted octanol–water partition coefficient (Wildman–Crippen LogP) is 16.2. The Balaban J connectivity index is 1.05. The lowest BCUT2D eigenvalue weighted by Gasteiger charge is -2.37. The van der Waals surface area contributed by atoms with Gasteiger partial charge in [0.05, 0.1) is 11.4 Å². The molecule has 0 saturated heterocycles. The zero-order valence-electron chi connectivity index (χ0n) is 36.2. The van der Waals surface area contributed by atoms with E-state index in [0.29, 0.717) is 0 Å². The van der Waals surface area contributed by atoms with Gasteiger partial charge in [-0.15, -0.1) is 0 Å². The van der Waals surface area contributed by atoms with Gasteiger partial charge in [-0.05, 0) is 139 Å². The highest BCUT2D eigenvalue weighted by Gasteiger charge is 2.56. The molecular formula is C61H51N. The number of nitrogens with zero attached hydrogens (tertiary/aromatic N) is 1. The molecule has 300 valence electrons. The number of benzene rings is 8. The highest BCUT2D eigenvalue weighted by molar-refractivity contribution is 6.00. The van der Waals surface area contributed by atoms with Crippen molar-refractivity contribution < 1.29 is 0 Å². The van der Waals surface area contributed by atoms with Gasteiger partial charge in [0.2, 0.25) is 0 Å². The van der Waals surface area contributed by atoms with E-state index in [1.807, 2.05) is 0 Å². The van der Waals surface area contributed by atoms with Crippen LogP contribution in [0, 0.1) is 11.8 Å². The zero-order chi connectivity index (χ0) is 41.5. The topological polar surface area (TPSA) is 3.24 Å². The van der Waals surface area contributed by atoms with Crippen molar-refractivity contribution in [2.75, 3.05) is 4.90 Å². The minimum atomic E-state index is -0.0933. The van der Waals surface area contributed by atoms with Gasteiger partial charge in [-0.3, -0.25) is 0 Å². The lowest BCUT2D eigenvalue weighted by molar-refractivity contribution is 0.327. The Morgan fingerprint density at radius 3 is 1.68 bits per heavy atom. The standard InChI is InChI=1S/C61H51N/c1-59(2)51-23-11-7-20-48(51)58-47(21-15-25-54(58)59)46-19-9-14-27-57(46)62(41-31-33-53-49(36-41)44-18-6-12-24-52(44)61(53)37-38-28-30-40(61)34-38)56-26-13-8-16-42(56)39-29-32-45-43-17-5-10-22-50(43)60(3,4)55(45)35-39/h5-27,29,31-33,35-36,38,40H,28,30,34,37H2,1-4H3. The van der Waals surface area contributed by atoms with Crippen molar-refractivity contribution in [3.63, 3.8) is 0 Å². The van der Waals surface area contributed by atoms with Gasteiger partial charge < -0.3 is 4.90 Å². The minimum absolute atomic E-state index is 0.0901. The van der Waals surface area contributed by atoms with Crippen LogP contribution in [0.4, 0.5) is 17.1 Å². The van der Waals surface area contributed by atoms with E-state index < -0.39 is 0 Å². The summed E-state index contributed by atoms with van der Waals surface area (Å²) >= 11 is 0. The summed E-state index contributed by atoms with van der Waals surface area (Å²) in [6.07, 6.45) is 5.38. The molecule has 1 heteroatoms. The van der Waals surface area contributed by atoms with E-state index in [4.69, 9.17) is 0 Å². The van der Waals surface area contributed by atoms with Gasteiger partial charge in [0, 0.05) is 33.1 Å². The molecule has 1 nitrogen and oxygen atoms in total. The molecular weight excluding hydrogens is 747 g/mol. The Morgan fingerprint density at radius 2 is 0.952 bits per heavy atom. The molecule has 1 spiro atoms. The SMILES string of the molecule is CC1(C)c2ccccc2-c2ccc(-c3ccccc3N(c3ccc4c(c3)-c3ccccc3C43CC4CCC3C4)c3ccccc3-c3cccc4c3-c3ccccc3C4(C)C)cc21. The van der Waals surface area contributed by atoms with E-state index in [1.165, 1.54) is 121 Å². The number of hydrogen-bond donors (Lipinski definition) is 0. The normalized spacial score (nSPS) is 21.0. The van der Waals surface area contributed by atoms with Crippen LogP contribution in [0.15, 0.2) is 176 Å². The van der Waals surface area contributed by atoms with Crippen molar-refractivity contribution in [3.05, 3.63) is 209 Å². The average molecular weight is 798 g/mol. The van der Waals surface area contributed by atoms with Gasteiger partial charge in [0.25, 0.3) is 0 Å². The summed E-state index contributed by atoms with van der Waals surface area (Å²) in [4.78, 5) is 2.60. The fourth-order valence-electron chi connectivity index (χ4n) is 13.6. The van der Waals surface area contributed by atoms with Crippen LogP contribution < -0.4 is 4.90 Å². The monoisotopic (exact) mass is 797 g/mol. The van der Waals surface area contributed by atoms with Crippen LogP contribution >= 0.6 is 0 Å². The molecule has 8 aromatic rings. The van der Waals surface area contributed by atoms with Gasteiger partial charge in [0.1, 0.15) is 0 Å². The van der Waals surface area contributed by atoms with E-state index in [-0.39, 0.29) is 16.2 Å². The summed E-state index contributed by atoms with van der Waals surface area (Å²) in [6, 6.07) is 67.5. The molecule has 62 heavy (non-hydrogen) atoms. The zero-order valence-corrected chi connectivity index (χ0v) is 36.2. The molecule has 2 saturated carbocycles. The Labute approximate surface area is 366 Å². The molecule has 5 aliphatic carbocycles. The first-order chi connectivity index (χ1) is 30.2. The molecule has 0 radical (unpaired) electrons. The van der Waals surface area contributed by atoms with Crippen molar-refractivity contribution in [1.82, 2.24) is 0 Å². The molecule has 0 aliphatic heterocycles. The van der Waals surface area contributed by atoms with Gasteiger partial charge in [-0.2, -0.15) is 0 Å². The summed E-state index contributed by atoms with van der Waals surface area (Å²) in [5.74, 6) is 1.56. The number of para-hydroxylation sites is 2. The molecule has 0 amide bonds. The maximum Gasteiger partial charge on any atom is 0.0540 e. The van der Waals surface area contributed by atoms with Gasteiger partial charge in [-0.1, -0.05) is 180 Å². The van der Waals surface area contributed by atoms with Crippen LogP contribution in [0.5, 0.6) is 0 Å². The summed E-state index contributed by atoms with van der Waals surface area (Å²) in [7, 11) is 0. The molecule has 0 heterocycles. The lowest BCUT2D eigenvalue weighted by Crippen LogP contribution is -2.31. The van der Waals surface area contributed by atoms with Crippen molar-refractivity contribution >= 4 is 17.1 Å². The van der Waals surface area contributed by atoms with E-state index in [1.54, 1.807) is 11.1 Å². The maximum atomic E-state index is 2.60. The molecule has 3 unspecified atom stereocenters. The first kappa shape index (κ1) is 36.2. The Hall–Kier alpha value is -6.44. The van der Waals surface area contributed by atoms with Crippen LogP contribution in [0.2, 0.25) is 0 Å². The number of anilines is 3. The lowest BCUT2D eigenvalue weighted by atomic mass is 9.67. The first-order valence-electron chi connectivity index (χ1n) is 23.0. The molecule has 2 bridgehead atoms. The van der Waals surface area contributed by atoms with Crippen molar-refractivity contribution in [1.29, 1.82) is 0 Å². The molecule has 0 N–H and O–H groups in total. The smallest absolute Gasteiger partial charge is 0.0540 e. The average Bonchev–Trinajstić information content (AvgIpc) is 4.10. The van der Waals surface area contributed by atoms with Crippen molar-refractivity contribution in [3.8, 4) is 55.6 Å². The molecule has 2 fully saturated rings. The van der Waals surface area contributed by atoms with Crippen LogP contribution in [-0.4, -0.2) is 0 Å². The summed E-state index contributed by atoms with van der Waals surface area (Å²) in [5.41, 5.74) is 25.5. The number of fused-ring (bicyclic) bond motifs is 14. The minimum Gasteiger partial charge on any atom is -0.309 e. The summed E-state index contributed by atoms with van der Waals surface area (Å²) < 4.78 is 0. The Morgan fingerprint density at radius 1 is 0.403 bits per heavy atom. The number of rotatable bonds is 5. The van der Waals surface area contributed by atoms with Gasteiger partial charge in [0.15, 0.2) is 0 Å². The largest absolute Gasteiger partial charge is 0.309 e. The van der Waals surface area contributed by atoms with Crippen molar-refractivity contribution in [2.24, 2.45) is 11.8 Å². The van der Waals surface area contributed by atoms with Crippen LogP contribution in [-0.2, 0) is 16.2 Å². The third-order valence-electron chi connectivity index (χ3n) is 16.4. The van der Waals surface area contributed by atoms with E-state index in [2.05, 4.69) is 209 Å². The van der Waals surface area contributed by atoms with E-state index in [0.717, 1.165) is 11.8 Å². The highest BCUT2D eigenvalue weighted by atomic mass is 15.1. The second-order valence-corrected chi connectivity index (χ2v) is 20.0. The molecule has 5 aliphatic rings. The van der Waals surface area contributed by atoms with E-state index in [9.17, 15) is 0 Å². The molecule has 13 rings (SSSR count). The Bertz CT molecular complexity index is 3180. The number of hydrogen-bond acceptors (Lipinski definition) is 1. The summed E-state index contributed by atoms with van der Waals surface area (Å²) in [5, 5.41) is 0.